The zero-order valence-corrected chi connectivity index (χ0v) is 30.6. The minimum absolute atomic E-state index is 0.0332. The number of oxazole rings is 1. The first-order valence-corrected chi connectivity index (χ1v) is 18.7. The smallest absolute Gasteiger partial charge is 0.405 e. The largest absolute Gasteiger partial charge is 0.506 e. The highest BCUT2D eigenvalue weighted by molar-refractivity contribution is 5.91. The second-order valence-electron chi connectivity index (χ2n) is 13.8. The molecule has 2 amide bonds. The minimum Gasteiger partial charge on any atom is -0.506 e. The van der Waals surface area contributed by atoms with Gasteiger partial charge in [-0.25, -0.2) is 9.78 Å². The van der Waals surface area contributed by atoms with Crippen LogP contribution in [0.1, 0.15) is 77.3 Å². The average Bonchev–Trinajstić information content (AvgIpc) is 3.70. The summed E-state index contributed by atoms with van der Waals surface area (Å²) in [6, 6.07) is 21.6. The molecule has 0 radical (unpaired) electrons. The first-order chi connectivity index (χ1) is 26.7. The van der Waals surface area contributed by atoms with Crippen LogP contribution in [0.3, 0.4) is 0 Å². The molecular formula is C41H48N6O8. The van der Waals surface area contributed by atoms with E-state index in [1.807, 2.05) is 30.3 Å². The van der Waals surface area contributed by atoms with Crippen molar-refractivity contribution in [3.63, 3.8) is 0 Å². The molecule has 2 bridgehead atoms. The van der Waals surface area contributed by atoms with Crippen LogP contribution in [-0.4, -0.2) is 81.5 Å². The molecular weight excluding hydrogens is 704 g/mol. The standard InChI is InChI=1S/C34H35N5O8.C7H13N/c40-27-13-11-24(25-12-14-29(42)38-32(25)27)28(41)18-35-15-4-5-16-36-33(43)26-19-47-30(37-26)20-46-23-10-6-9-22(17-23)31(39-34(44)45)21-7-2-1-3-8-21;1-4-8-5-2-7(1)3-6-8/h1-3,6-14,17,19,28,31,35,39-41H,4-5,15-16,18,20H2,(H,36,43)(H,38,42)(H,44,45);7H,1-6H2. The van der Waals surface area contributed by atoms with E-state index in [1.54, 1.807) is 36.4 Å². The molecule has 8 rings (SSSR count). The Morgan fingerprint density at radius 2 is 1.69 bits per heavy atom. The Kier molecular flexibility index (Phi) is 13.5. The molecule has 14 nitrogen and oxygen atoms in total. The van der Waals surface area contributed by atoms with Crippen LogP contribution in [0.2, 0.25) is 0 Å². The van der Waals surface area contributed by atoms with Crippen LogP contribution in [0.25, 0.3) is 10.9 Å². The van der Waals surface area contributed by atoms with E-state index in [-0.39, 0.29) is 47.5 Å². The van der Waals surface area contributed by atoms with Crippen LogP contribution < -0.4 is 26.2 Å². The molecule has 2 atom stereocenters. The van der Waals surface area contributed by atoms with Crippen molar-refractivity contribution in [3.05, 3.63) is 124 Å². The van der Waals surface area contributed by atoms with Gasteiger partial charge in [-0.3, -0.25) is 9.59 Å². The van der Waals surface area contributed by atoms with Gasteiger partial charge in [0, 0.05) is 24.5 Å². The summed E-state index contributed by atoms with van der Waals surface area (Å²) in [5.74, 6) is 1.35. The molecule has 3 saturated heterocycles. The Hall–Kier alpha value is -5.70. The van der Waals surface area contributed by atoms with Gasteiger partial charge < -0.3 is 50.3 Å². The van der Waals surface area contributed by atoms with Crippen molar-refractivity contribution in [1.82, 2.24) is 30.8 Å². The number of carbonyl (C=O) groups excluding carboxylic acids is 1. The summed E-state index contributed by atoms with van der Waals surface area (Å²) in [6.45, 7) is 5.43. The van der Waals surface area contributed by atoms with Crippen LogP contribution >= 0.6 is 0 Å². The third kappa shape index (κ3) is 10.9. The van der Waals surface area contributed by atoms with E-state index in [9.17, 15) is 29.7 Å². The Bertz CT molecular complexity index is 2060. The number of carboxylic acid groups (broad SMARTS) is 1. The number of ether oxygens (including phenoxy) is 1. The number of hydrogen-bond donors (Lipinski definition) is 7. The molecule has 290 valence electrons. The minimum atomic E-state index is -1.15. The third-order valence-electron chi connectivity index (χ3n) is 9.97. The quantitative estimate of drug-likeness (QED) is 0.0702. The summed E-state index contributed by atoms with van der Waals surface area (Å²) in [6.07, 6.45) is 5.14. The van der Waals surface area contributed by atoms with E-state index in [4.69, 9.17) is 9.15 Å². The molecule has 7 N–H and O–H groups in total. The van der Waals surface area contributed by atoms with E-state index >= 15 is 0 Å². The van der Waals surface area contributed by atoms with Gasteiger partial charge >= 0.3 is 6.09 Å². The Morgan fingerprint density at radius 3 is 2.40 bits per heavy atom. The highest BCUT2D eigenvalue weighted by atomic mass is 16.5. The lowest BCUT2D eigenvalue weighted by Gasteiger charge is -2.38. The number of H-pyrrole nitrogens is 1. The molecule has 0 aliphatic carbocycles. The van der Waals surface area contributed by atoms with Gasteiger partial charge in [0.25, 0.3) is 5.91 Å². The number of benzene rings is 3. The SMILES string of the molecule is C1CN2CCC1CC2.O=C(O)NC(c1ccccc1)c1cccc(OCc2nc(C(=O)NCCCCNCC(O)c3ccc(O)c4[nH]c(=O)ccc34)co2)c1. The number of aliphatic hydroxyl groups excluding tert-OH is 1. The molecule has 55 heavy (non-hydrogen) atoms. The molecule has 5 heterocycles. The lowest BCUT2D eigenvalue weighted by Crippen LogP contribution is -2.41. The van der Waals surface area contributed by atoms with Crippen LogP contribution in [0.15, 0.2) is 94.3 Å². The fourth-order valence-corrected chi connectivity index (χ4v) is 6.97. The van der Waals surface area contributed by atoms with Gasteiger partial charge in [0.05, 0.1) is 17.7 Å². The fourth-order valence-electron chi connectivity index (χ4n) is 6.97. The molecule has 0 spiro atoms. The maximum absolute atomic E-state index is 12.5. The van der Waals surface area contributed by atoms with Gasteiger partial charge in [0.2, 0.25) is 11.4 Å². The third-order valence-corrected chi connectivity index (χ3v) is 9.97. The van der Waals surface area contributed by atoms with Gasteiger partial charge in [0.15, 0.2) is 12.3 Å². The van der Waals surface area contributed by atoms with Gasteiger partial charge in [-0.1, -0.05) is 48.5 Å². The van der Waals surface area contributed by atoms with Crippen molar-refractivity contribution in [2.24, 2.45) is 5.92 Å². The van der Waals surface area contributed by atoms with Gasteiger partial charge in [-0.2, -0.15) is 0 Å². The number of nitrogens with one attached hydrogen (secondary N) is 4. The topological polar surface area (TPSA) is 202 Å². The Morgan fingerprint density at radius 1 is 0.945 bits per heavy atom. The number of hydrogen-bond acceptors (Lipinski definition) is 10. The number of aliphatic hydroxyl groups is 1. The van der Waals surface area contributed by atoms with E-state index in [0.29, 0.717) is 41.8 Å². The normalized spacial score (nSPS) is 17.1. The number of nitrogens with zero attached hydrogens (tertiary/aromatic N) is 2. The zero-order chi connectivity index (χ0) is 38.6. The highest BCUT2D eigenvalue weighted by Crippen LogP contribution is 2.29. The number of aromatic hydroxyl groups is 1. The Balaban J connectivity index is 0.000000563. The number of pyridine rings is 1. The van der Waals surface area contributed by atoms with E-state index in [2.05, 4.69) is 30.8 Å². The number of aromatic nitrogens is 2. The molecule has 2 unspecified atom stereocenters. The summed E-state index contributed by atoms with van der Waals surface area (Å²) in [7, 11) is 0. The van der Waals surface area contributed by atoms with Crippen molar-refractivity contribution < 1.29 is 34.1 Å². The second-order valence-corrected chi connectivity index (χ2v) is 13.8. The second kappa shape index (κ2) is 19.1. The molecule has 3 fully saturated rings. The predicted molar refractivity (Wildman–Crippen MR) is 206 cm³/mol. The van der Waals surface area contributed by atoms with Gasteiger partial charge in [0.1, 0.15) is 17.8 Å². The van der Waals surface area contributed by atoms with Gasteiger partial charge in [-0.15, -0.1) is 0 Å². The van der Waals surface area contributed by atoms with E-state index < -0.39 is 18.2 Å². The number of phenolic OH excluding ortho intramolecular Hbond substituents is 1. The molecule has 3 aliphatic heterocycles. The summed E-state index contributed by atoms with van der Waals surface area (Å²) >= 11 is 0. The predicted octanol–water partition coefficient (Wildman–Crippen LogP) is 5.09. The van der Waals surface area contributed by atoms with Crippen molar-refractivity contribution >= 4 is 22.9 Å². The molecule has 0 saturated carbocycles. The monoisotopic (exact) mass is 752 g/mol. The highest BCUT2D eigenvalue weighted by Gasteiger charge is 2.24. The number of amides is 2. The first kappa shape index (κ1) is 39.0. The first-order valence-electron chi connectivity index (χ1n) is 18.7. The van der Waals surface area contributed by atoms with E-state index in [0.717, 1.165) is 17.9 Å². The van der Waals surface area contributed by atoms with Crippen LogP contribution in [-0.2, 0) is 6.61 Å². The molecule has 5 aromatic rings. The number of piperidine rings is 3. The fraction of sp³-hybridized carbons (Fsp3) is 0.366. The number of carbonyl (C=O) groups is 2. The van der Waals surface area contributed by atoms with Crippen molar-refractivity contribution in [2.75, 3.05) is 39.3 Å². The lowest BCUT2D eigenvalue weighted by atomic mass is 9.89. The Labute approximate surface area is 318 Å². The van der Waals surface area contributed by atoms with Crippen molar-refractivity contribution in [1.29, 1.82) is 0 Å². The van der Waals surface area contributed by atoms with Crippen LogP contribution in [0.4, 0.5) is 4.79 Å². The lowest BCUT2D eigenvalue weighted by molar-refractivity contribution is 0.0947. The molecule has 3 aliphatic rings. The summed E-state index contributed by atoms with van der Waals surface area (Å²) in [5.41, 5.74) is 2.13. The van der Waals surface area contributed by atoms with Crippen molar-refractivity contribution in [3.8, 4) is 11.5 Å². The number of rotatable bonds is 15. The molecule has 2 aromatic heterocycles. The van der Waals surface area contributed by atoms with Crippen LogP contribution in [0, 0.1) is 5.92 Å². The number of phenols is 1. The van der Waals surface area contributed by atoms with Crippen molar-refractivity contribution in [2.45, 2.75) is 50.9 Å². The average molecular weight is 753 g/mol. The summed E-state index contributed by atoms with van der Waals surface area (Å²) in [4.78, 5) is 45.0. The summed E-state index contributed by atoms with van der Waals surface area (Å²) < 4.78 is 11.2. The van der Waals surface area contributed by atoms with E-state index in [1.165, 1.54) is 57.3 Å². The maximum atomic E-state index is 12.5. The summed E-state index contributed by atoms with van der Waals surface area (Å²) in [5, 5.41) is 39.1. The van der Waals surface area contributed by atoms with Gasteiger partial charge in [-0.05, 0) is 105 Å². The molecule has 3 aromatic carbocycles. The zero-order valence-electron chi connectivity index (χ0n) is 30.6. The number of fused-ring (bicyclic) bond motifs is 4. The maximum Gasteiger partial charge on any atom is 0.405 e. The number of unbranched alkanes of at least 4 members (excludes halogenated alkanes) is 1. The number of aromatic amines is 1. The molecule has 14 heteroatoms. The van der Waals surface area contributed by atoms with Crippen LogP contribution in [0.5, 0.6) is 11.5 Å².